The first-order valence-corrected chi connectivity index (χ1v) is 22.4. The molecule has 4 aromatic heterocycles. The number of halogens is 2. The van der Waals surface area contributed by atoms with Gasteiger partial charge in [0.05, 0.1) is 62.4 Å². The van der Waals surface area contributed by atoms with E-state index in [1.54, 1.807) is 43.8 Å². The average Bonchev–Trinajstić information content (AvgIpc) is 4.01. The molecule has 2 fully saturated rings. The quantitative estimate of drug-likeness (QED) is 0.0596. The van der Waals surface area contributed by atoms with Gasteiger partial charge in [-0.15, -0.1) is 23.5 Å². The van der Waals surface area contributed by atoms with Gasteiger partial charge in [0.15, 0.2) is 10.3 Å². The number of carbonyl (C=O) groups is 4. The topological polar surface area (TPSA) is 157 Å². The summed E-state index contributed by atoms with van der Waals surface area (Å²) in [6.45, 7) is 3.74. The van der Waals surface area contributed by atoms with E-state index in [9.17, 15) is 28.0 Å². The molecule has 0 bridgehead atoms. The lowest BCUT2D eigenvalue weighted by Crippen LogP contribution is -2.11. The number of carboxylic acid groups (broad SMARTS) is 1. The van der Waals surface area contributed by atoms with Gasteiger partial charge in [0.1, 0.15) is 11.6 Å². The summed E-state index contributed by atoms with van der Waals surface area (Å²) in [4.78, 5) is 56.1. The van der Waals surface area contributed by atoms with E-state index in [4.69, 9.17) is 9.84 Å². The van der Waals surface area contributed by atoms with E-state index >= 15 is 0 Å². The Morgan fingerprint density at radius 1 is 0.776 bits per heavy atom. The van der Waals surface area contributed by atoms with Gasteiger partial charge in [-0.25, -0.2) is 18.7 Å². The zero-order valence-corrected chi connectivity index (χ0v) is 34.6. The first-order valence-electron chi connectivity index (χ1n) is 18.8. The highest BCUT2D eigenvalue weighted by Gasteiger charge is 2.26. The third-order valence-electron chi connectivity index (χ3n) is 9.31. The molecule has 3 N–H and O–H groups in total. The number of benzene rings is 2. The van der Waals surface area contributed by atoms with Gasteiger partial charge in [0.25, 0.3) is 11.8 Å². The number of carboxylic acids is 1. The fourth-order valence-electron chi connectivity index (χ4n) is 6.16. The molecular weight excluding hydrogens is 827 g/mol. The van der Waals surface area contributed by atoms with E-state index in [1.807, 2.05) is 9.13 Å². The second kappa shape index (κ2) is 18.9. The first-order chi connectivity index (χ1) is 28.0. The fraction of sp³-hybridized carbons (Fsp3) is 0.350. The van der Waals surface area contributed by atoms with E-state index < -0.39 is 5.97 Å². The number of thiazole rings is 2. The highest BCUT2D eigenvalue weighted by molar-refractivity contribution is 8.01. The summed E-state index contributed by atoms with van der Waals surface area (Å²) in [5.41, 5.74) is 2.46. The number of aromatic nitrogens is 4. The summed E-state index contributed by atoms with van der Waals surface area (Å²) in [5.74, 6) is -0.00817. The van der Waals surface area contributed by atoms with Crippen LogP contribution in [-0.2, 0) is 27.4 Å². The molecule has 4 heterocycles. The van der Waals surface area contributed by atoms with Crippen LogP contribution in [0.25, 0.3) is 21.8 Å². The van der Waals surface area contributed by atoms with Gasteiger partial charge < -0.3 is 19.0 Å². The molecule has 2 aromatic carbocycles. The van der Waals surface area contributed by atoms with Crippen molar-refractivity contribution in [2.24, 2.45) is 11.8 Å². The van der Waals surface area contributed by atoms with Gasteiger partial charge in [-0.3, -0.25) is 29.8 Å². The predicted octanol–water partition coefficient (Wildman–Crippen LogP) is 9.41. The zero-order chi connectivity index (χ0) is 40.8. The number of esters is 1. The van der Waals surface area contributed by atoms with Crippen LogP contribution in [0.15, 0.2) is 69.6 Å². The van der Waals surface area contributed by atoms with Gasteiger partial charge >= 0.3 is 11.9 Å². The van der Waals surface area contributed by atoms with E-state index in [1.165, 1.54) is 83.3 Å². The third-order valence-corrected chi connectivity index (χ3v) is 13.5. The van der Waals surface area contributed by atoms with Crippen molar-refractivity contribution in [1.29, 1.82) is 0 Å². The Balaban J connectivity index is 0.000000177. The average molecular weight is 867 g/mol. The number of rotatable bonds is 17. The summed E-state index contributed by atoms with van der Waals surface area (Å²) < 4.78 is 38.1. The van der Waals surface area contributed by atoms with Crippen LogP contribution in [0.2, 0.25) is 0 Å². The Bertz CT molecular complexity index is 2450. The number of amides is 2. The van der Waals surface area contributed by atoms with Gasteiger partial charge in [0, 0.05) is 47.8 Å². The van der Waals surface area contributed by atoms with Crippen molar-refractivity contribution in [3.05, 3.63) is 83.9 Å². The van der Waals surface area contributed by atoms with Crippen LogP contribution < -0.4 is 10.6 Å². The molecule has 58 heavy (non-hydrogen) atoms. The van der Waals surface area contributed by atoms with Crippen molar-refractivity contribution >= 4 is 102 Å². The minimum absolute atomic E-state index is 0.0708. The van der Waals surface area contributed by atoms with Gasteiger partial charge in [-0.2, -0.15) is 0 Å². The number of nitrogens with zero attached hydrogens (tertiary/aromatic N) is 4. The summed E-state index contributed by atoms with van der Waals surface area (Å²) in [5, 5.41) is 16.7. The zero-order valence-electron chi connectivity index (χ0n) is 31.4. The van der Waals surface area contributed by atoms with Crippen LogP contribution in [0.1, 0.15) is 66.2 Å². The van der Waals surface area contributed by atoms with Crippen molar-refractivity contribution < 1.29 is 37.8 Å². The van der Waals surface area contributed by atoms with Crippen molar-refractivity contribution in [1.82, 2.24) is 19.1 Å². The van der Waals surface area contributed by atoms with E-state index in [0.29, 0.717) is 63.1 Å². The second-order valence-corrected chi connectivity index (χ2v) is 18.7. The van der Waals surface area contributed by atoms with Crippen LogP contribution in [0, 0.1) is 23.5 Å². The number of hydrogen-bond donors (Lipinski definition) is 3. The molecule has 0 atom stereocenters. The molecule has 0 unspecified atom stereocenters. The Labute approximate surface area is 348 Å². The number of nitrogens with one attached hydrogen (secondary N) is 2. The molecule has 0 saturated heterocycles. The molecule has 18 heteroatoms. The Hall–Kier alpha value is -4.78. The Kier molecular flexibility index (Phi) is 13.5. The summed E-state index contributed by atoms with van der Waals surface area (Å²) >= 11 is 5.55. The number of ether oxygens (including phenoxy) is 1. The van der Waals surface area contributed by atoms with Crippen LogP contribution in [0.3, 0.4) is 0 Å². The largest absolute Gasteiger partial charge is 0.481 e. The molecule has 0 radical (unpaired) electrons. The number of thioether (sulfide) groups is 2. The molecule has 2 saturated carbocycles. The van der Waals surface area contributed by atoms with Crippen molar-refractivity contribution in [3.63, 3.8) is 0 Å². The number of fused-ring (bicyclic) bond motifs is 2. The number of anilines is 2. The summed E-state index contributed by atoms with van der Waals surface area (Å²) in [6.07, 6.45) is 12.0. The lowest BCUT2D eigenvalue weighted by molar-refractivity contribution is -0.142. The first kappa shape index (κ1) is 41.4. The smallest absolute Gasteiger partial charge is 0.306 e. The highest BCUT2D eigenvalue weighted by atomic mass is 32.2. The summed E-state index contributed by atoms with van der Waals surface area (Å²) in [6, 6.07) is 8.98. The Morgan fingerprint density at radius 3 is 1.67 bits per heavy atom. The number of aliphatic carboxylic acids is 1. The van der Waals surface area contributed by atoms with Crippen LogP contribution in [-0.4, -0.2) is 66.1 Å². The molecule has 6 aromatic rings. The van der Waals surface area contributed by atoms with Crippen LogP contribution in [0.5, 0.6) is 0 Å². The van der Waals surface area contributed by atoms with E-state index in [2.05, 4.69) is 20.6 Å². The van der Waals surface area contributed by atoms with E-state index in [-0.39, 0.29) is 35.8 Å². The van der Waals surface area contributed by atoms with Gasteiger partial charge in [-0.05, 0) is 80.8 Å². The second-order valence-electron chi connectivity index (χ2n) is 13.9. The lowest BCUT2D eigenvalue weighted by atomic mass is 10.1. The predicted molar refractivity (Wildman–Crippen MR) is 224 cm³/mol. The molecule has 2 amide bonds. The number of carbonyl (C=O) groups excluding carboxylic acids is 3. The normalized spacial score (nSPS) is 13.6. The maximum Gasteiger partial charge on any atom is 0.306 e. The molecule has 2 aliphatic carbocycles. The van der Waals surface area contributed by atoms with Crippen molar-refractivity contribution in [2.75, 3.05) is 28.7 Å². The molecule has 0 spiro atoms. The molecule has 304 valence electrons. The maximum atomic E-state index is 13.8. The molecule has 8 rings (SSSR count). The molecule has 2 aliphatic rings. The fourth-order valence-corrected chi connectivity index (χ4v) is 9.89. The highest BCUT2D eigenvalue weighted by Crippen LogP contribution is 2.36. The standard InChI is InChI=1S/C21H22FN3O3S2.C19H18FN3O3S2/c1-2-28-18(26)7-8-29-19-10-23-21(30-19)24-20(27)16-12-25(11-13-3-4-13)17-9-14(22)5-6-15(16)17;20-12-3-4-13-14(10-23(15(13)7-12)9-11-1-2-11)18(26)22-19-21-8-17(28-19)27-6-5-16(24)25/h5-6,9-10,12-13H,2-4,7-8,11H2,1H3,(H,23,24,27);3-4,7-8,10-11H,1-2,5-6,9H2,(H,24,25)(H,21,22,26). The minimum atomic E-state index is -0.843. The minimum Gasteiger partial charge on any atom is -0.481 e. The summed E-state index contributed by atoms with van der Waals surface area (Å²) in [7, 11) is 0. The SMILES string of the molecule is CCOC(=O)CCSc1cnc(NC(=O)c2cn(CC3CC3)c3cc(F)ccc23)s1.O=C(O)CCSc1cnc(NC(=O)c2cn(CC3CC3)c3cc(F)ccc23)s1. The van der Waals surface area contributed by atoms with Gasteiger partial charge in [0.2, 0.25) is 0 Å². The molecule has 12 nitrogen and oxygen atoms in total. The Morgan fingerprint density at radius 2 is 1.24 bits per heavy atom. The van der Waals surface area contributed by atoms with Crippen molar-refractivity contribution in [2.45, 2.75) is 67.0 Å². The molecular formula is C40H40F2N6O6S4. The molecule has 0 aliphatic heterocycles. The van der Waals surface area contributed by atoms with Gasteiger partial charge in [-0.1, -0.05) is 22.7 Å². The van der Waals surface area contributed by atoms with Crippen LogP contribution >= 0.6 is 46.2 Å². The lowest BCUT2D eigenvalue weighted by Gasteiger charge is -2.02. The number of hydrogen-bond acceptors (Lipinski definition) is 11. The van der Waals surface area contributed by atoms with Crippen molar-refractivity contribution in [3.8, 4) is 0 Å². The van der Waals surface area contributed by atoms with Crippen LogP contribution in [0.4, 0.5) is 19.0 Å². The monoisotopic (exact) mass is 866 g/mol. The van der Waals surface area contributed by atoms with E-state index in [0.717, 1.165) is 50.8 Å². The third kappa shape index (κ3) is 11.0. The maximum absolute atomic E-state index is 13.8.